The lowest BCUT2D eigenvalue weighted by atomic mass is 10.2. The van der Waals surface area contributed by atoms with Crippen molar-refractivity contribution in [1.82, 2.24) is 16.0 Å². The topological polar surface area (TPSA) is 124 Å². The van der Waals surface area contributed by atoms with Gasteiger partial charge < -0.3 is 34.9 Å². The molecule has 3 N–H and O–H groups in total. The first-order chi connectivity index (χ1) is 18.4. The highest BCUT2D eigenvalue weighted by Gasteiger charge is 2.24. The van der Waals surface area contributed by atoms with E-state index in [1.165, 1.54) is 6.92 Å². The molecule has 0 radical (unpaired) electrons. The molecule has 2 unspecified atom stereocenters. The van der Waals surface area contributed by atoms with Gasteiger partial charge in [-0.3, -0.25) is 9.59 Å². The van der Waals surface area contributed by atoms with Gasteiger partial charge in [-0.25, -0.2) is 4.79 Å². The number of hydrogen-bond acceptors (Lipinski definition) is 7. The Bertz CT molecular complexity index is 1000. The van der Waals surface area contributed by atoms with Crippen molar-refractivity contribution in [2.45, 2.75) is 64.2 Å². The third-order valence-electron chi connectivity index (χ3n) is 5.86. The first kappa shape index (κ1) is 28.9. The Morgan fingerprint density at radius 3 is 2.29 bits per heavy atom. The van der Waals surface area contributed by atoms with Crippen molar-refractivity contribution < 1.29 is 33.3 Å². The summed E-state index contributed by atoms with van der Waals surface area (Å²) >= 11 is 0. The predicted molar refractivity (Wildman–Crippen MR) is 140 cm³/mol. The van der Waals surface area contributed by atoms with Crippen LogP contribution in [-0.4, -0.2) is 62.1 Å². The summed E-state index contributed by atoms with van der Waals surface area (Å²) in [5, 5.41) is 7.88. The maximum Gasteiger partial charge on any atom is 0.408 e. The molecule has 0 aromatic heterocycles. The van der Waals surface area contributed by atoms with Crippen LogP contribution in [0.5, 0.6) is 5.75 Å². The second-order valence-electron chi connectivity index (χ2n) is 9.08. The van der Waals surface area contributed by atoms with Crippen LogP contribution in [0, 0.1) is 0 Å². The molecule has 0 spiro atoms. The quantitative estimate of drug-likeness (QED) is 0.366. The highest BCUT2D eigenvalue weighted by atomic mass is 16.7. The molecule has 2 aromatic rings. The molecule has 1 saturated heterocycles. The van der Waals surface area contributed by atoms with Crippen LogP contribution in [-0.2, 0) is 30.4 Å². The largest absolute Gasteiger partial charge is 0.491 e. The SMILES string of the molecule is C[C@H](NC(=O)OCc1ccccc1)C(=O)N[C@@H](C)C(=O)NCC(COc1ccccc1)OC1CCCCO1. The van der Waals surface area contributed by atoms with Gasteiger partial charge in [0.15, 0.2) is 6.29 Å². The second-order valence-corrected chi connectivity index (χ2v) is 9.08. The molecule has 10 heteroatoms. The number of carbonyl (C=O) groups is 3. The highest BCUT2D eigenvalue weighted by molar-refractivity contribution is 5.90. The van der Waals surface area contributed by atoms with Crippen LogP contribution in [0.25, 0.3) is 0 Å². The van der Waals surface area contributed by atoms with E-state index < -0.39 is 36.1 Å². The average Bonchev–Trinajstić information content (AvgIpc) is 2.94. The predicted octanol–water partition coefficient (Wildman–Crippen LogP) is 2.91. The summed E-state index contributed by atoms with van der Waals surface area (Å²) in [5.41, 5.74) is 0.830. The summed E-state index contributed by atoms with van der Waals surface area (Å²) in [4.78, 5) is 37.2. The summed E-state index contributed by atoms with van der Waals surface area (Å²) in [7, 11) is 0. The van der Waals surface area contributed by atoms with Crippen LogP contribution in [0.15, 0.2) is 60.7 Å². The second kappa shape index (κ2) is 15.6. The number of para-hydroxylation sites is 1. The van der Waals surface area contributed by atoms with Gasteiger partial charge in [0, 0.05) is 13.2 Å². The molecular formula is C28H37N3O7. The van der Waals surface area contributed by atoms with Gasteiger partial charge in [-0.15, -0.1) is 0 Å². The molecule has 0 aliphatic carbocycles. The molecular weight excluding hydrogens is 490 g/mol. The fourth-order valence-electron chi connectivity index (χ4n) is 3.66. The fraction of sp³-hybridized carbons (Fsp3) is 0.464. The third kappa shape index (κ3) is 10.4. The molecule has 4 atom stereocenters. The van der Waals surface area contributed by atoms with Crippen molar-refractivity contribution in [3.05, 3.63) is 66.2 Å². The van der Waals surface area contributed by atoms with Crippen molar-refractivity contribution in [2.24, 2.45) is 0 Å². The number of amides is 3. The molecule has 1 fully saturated rings. The first-order valence-electron chi connectivity index (χ1n) is 12.9. The average molecular weight is 528 g/mol. The molecule has 10 nitrogen and oxygen atoms in total. The Morgan fingerprint density at radius 1 is 0.921 bits per heavy atom. The van der Waals surface area contributed by atoms with E-state index in [1.54, 1.807) is 6.92 Å². The zero-order chi connectivity index (χ0) is 27.2. The summed E-state index contributed by atoms with van der Waals surface area (Å²) in [5.74, 6) is -0.211. The summed E-state index contributed by atoms with van der Waals surface area (Å²) in [6, 6.07) is 16.8. The van der Waals surface area contributed by atoms with E-state index in [2.05, 4.69) is 16.0 Å². The van der Waals surface area contributed by atoms with E-state index in [4.69, 9.17) is 18.9 Å². The molecule has 3 rings (SSSR count). The van der Waals surface area contributed by atoms with Crippen LogP contribution in [0.1, 0.15) is 38.7 Å². The number of ether oxygens (including phenoxy) is 4. The number of alkyl carbamates (subject to hydrolysis) is 1. The van der Waals surface area contributed by atoms with Gasteiger partial charge in [-0.2, -0.15) is 0 Å². The minimum absolute atomic E-state index is 0.0863. The minimum Gasteiger partial charge on any atom is -0.491 e. The van der Waals surface area contributed by atoms with Crippen molar-refractivity contribution >= 4 is 17.9 Å². The minimum atomic E-state index is -0.896. The van der Waals surface area contributed by atoms with E-state index in [-0.39, 0.29) is 26.0 Å². The maximum absolute atomic E-state index is 12.7. The highest BCUT2D eigenvalue weighted by Crippen LogP contribution is 2.16. The van der Waals surface area contributed by atoms with E-state index in [9.17, 15) is 14.4 Å². The van der Waals surface area contributed by atoms with Gasteiger partial charge >= 0.3 is 6.09 Å². The van der Waals surface area contributed by atoms with Crippen LogP contribution in [0.4, 0.5) is 4.79 Å². The van der Waals surface area contributed by atoms with Gasteiger partial charge in [0.25, 0.3) is 0 Å². The van der Waals surface area contributed by atoms with Crippen molar-refractivity contribution in [1.29, 1.82) is 0 Å². The normalized spacial score (nSPS) is 17.4. The van der Waals surface area contributed by atoms with Gasteiger partial charge in [-0.05, 0) is 50.8 Å². The number of carbonyl (C=O) groups excluding carboxylic acids is 3. The number of nitrogens with one attached hydrogen (secondary N) is 3. The van der Waals surface area contributed by atoms with Crippen LogP contribution in [0.3, 0.4) is 0 Å². The van der Waals surface area contributed by atoms with E-state index in [0.29, 0.717) is 12.4 Å². The van der Waals surface area contributed by atoms with Crippen molar-refractivity contribution in [3.63, 3.8) is 0 Å². The van der Waals surface area contributed by atoms with E-state index >= 15 is 0 Å². The Balaban J connectivity index is 1.42. The zero-order valence-corrected chi connectivity index (χ0v) is 21.9. The zero-order valence-electron chi connectivity index (χ0n) is 21.9. The van der Waals surface area contributed by atoms with Crippen LogP contribution in [0.2, 0.25) is 0 Å². The number of hydrogen-bond donors (Lipinski definition) is 3. The lowest BCUT2D eigenvalue weighted by Gasteiger charge is -2.28. The number of rotatable bonds is 13. The summed E-state index contributed by atoms with van der Waals surface area (Å²) in [6.45, 7) is 4.19. The molecule has 1 aliphatic heterocycles. The van der Waals surface area contributed by atoms with Gasteiger partial charge in [0.1, 0.15) is 37.2 Å². The number of benzene rings is 2. The fourth-order valence-corrected chi connectivity index (χ4v) is 3.66. The Kier molecular flexibility index (Phi) is 11.9. The molecule has 0 saturated carbocycles. The molecule has 38 heavy (non-hydrogen) atoms. The lowest BCUT2D eigenvalue weighted by molar-refractivity contribution is -0.192. The molecule has 0 bridgehead atoms. The summed E-state index contributed by atoms with van der Waals surface area (Å²) in [6.07, 6.45) is 1.26. The van der Waals surface area contributed by atoms with Gasteiger partial charge in [-0.1, -0.05) is 48.5 Å². The van der Waals surface area contributed by atoms with Gasteiger partial charge in [0.05, 0.1) is 0 Å². The molecule has 2 aromatic carbocycles. The molecule has 1 aliphatic rings. The van der Waals surface area contributed by atoms with Gasteiger partial charge in [0.2, 0.25) is 11.8 Å². The van der Waals surface area contributed by atoms with Crippen molar-refractivity contribution in [3.8, 4) is 5.75 Å². The maximum atomic E-state index is 12.7. The monoisotopic (exact) mass is 527 g/mol. The Hall–Kier alpha value is -3.63. The Labute approximate surface area is 223 Å². The molecule has 3 amide bonds. The van der Waals surface area contributed by atoms with Crippen molar-refractivity contribution in [2.75, 3.05) is 19.8 Å². The smallest absolute Gasteiger partial charge is 0.408 e. The lowest BCUT2D eigenvalue weighted by Crippen LogP contribution is -2.52. The standard InChI is InChI=1S/C28H37N3O7/c1-20(30-27(33)21(2)31-28(34)37-18-22-11-5-3-6-12-22)26(32)29-17-24(38-25-15-9-10-16-35-25)19-36-23-13-7-4-8-14-23/h3-8,11-14,20-21,24-25H,9-10,15-19H2,1-2H3,(H,29,32)(H,30,33)(H,31,34)/t20-,21-,24?,25?/m0/s1. The first-order valence-corrected chi connectivity index (χ1v) is 12.9. The van der Waals surface area contributed by atoms with E-state index in [0.717, 1.165) is 24.8 Å². The van der Waals surface area contributed by atoms with E-state index in [1.807, 2.05) is 60.7 Å². The third-order valence-corrected chi connectivity index (χ3v) is 5.86. The summed E-state index contributed by atoms with van der Waals surface area (Å²) < 4.78 is 22.7. The Morgan fingerprint density at radius 2 is 1.61 bits per heavy atom. The molecule has 206 valence electrons. The molecule has 1 heterocycles. The van der Waals surface area contributed by atoms with Crippen LogP contribution < -0.4 is 20.7 Å². The van der Waals surface area contributed by atoms with Crippen LogP contribution >= 0.6 is 0 Å².